The van der Waals surface area contributed by atoms with Gasteiger partial charge in [-0.25, -0.2) is 9.78 Å². The van der Waals surface area contributed by atoms with Gasteiger partial charge in [-0.2, -0.15) is 5.10 Å². The molecule has 3 aromatic rings. The number of aromatic amines is 1. The molecule has 1 aromatic carbocycles. The van der Waals surface area contributed by atoms with Gasteiger partial charge in [-0.05, 0) is 57.4 Å². The number of aromatic nitrogens is 4. The highest BCUT2D eigenvalue weighted by atomic mass is 16.6. The number of fused-ring (bicyclic) bond motifs is 1. The van der Waals surface area contributed by atoms with Crippen molar-refractivity contribution in [1.29, 1.82) is 0 Å². The van der Waals surface area contributed by atoms with Crippen LogP contribution in [0.15, 0.2) is 29.1 Å². The van der Waals surface area contributed by atoms with Crippen LogP contribution in [0.3, 0.4) is 0 Å². The van der Waals surface area contributed by atoms with Crippen LogP contribution in [0.5, 0.6) is 5.75 Å². The predicted molar refractivity (Wildman–Crippen MR) is 129 cm³/mol. The summed E-state index contributed by atoms with van der Waals surface area (Å²) in [5.74, 6) is 0.578. The van der Waals surface area contributed by atoms with E-state index in [1.165, 1.54) is 6.08 Å². The van der Waals surface area contributed by atoms with Gasteiger partial charge in [0.05, 0.1) is 17.9 Å². The Morgan fingerprint density at radius 3 is 2.64 bits per heavy atom. The Balaban J connectivity index is 2.08. The molecule has 2 heterocycles. The minimum atomic E-state index is -0.566. The minimum absolute atomic E-state index is 0.261. The number of hydrogen-bond acceptors (Lipinski definition) is 6. The third kappa shape index (κ3) is 5.88. The van der Waals surface area contributed by atoms with Crippen LogP contribution in [0, 0.1) is 0 Å². The summed E-state index contributed by atoms with van der Waals surface area (Å²) in [5, 5.41) is 4.48. The molecule has 0 amide bonds. The number of ether oxygens (including phenoxy) is 2. The molecule has 0 saturated carbocycles. The first kappa shape index (κ1) is 24.2. The maximum atomic E-state index is 12.9. The SMILES string of the molecule is CCCOc1ccc(C=CC(=O)OC(C)(C)C)cc1-c1nc2c(CCC)nn(C)c2c(=O)[nH]1. The zero-order valence-corrected chi connectivity index (χ0v) is 20.2. The molecule has 2 aromatic heterocycles. The summed E-state index contributed by atoms with van der Waals surface area (Å²) in [6.07, 6.45) is 5.52. The maximum absolute atomic E-state index is 12.9. The van der Waals surface area contributed by atoms with Crippen molar-refractivity contribution in [2.45, 2.75) is 59.5 Å². The van der Waals surface area contributed by atoms with Gasteiger partial charge in [0.15, 0.2) is 5.52 Å². The van der Waals surface area contributed by atoms with Crippen LogP contribution in [0.2, 0.25) is 0 Å². The van der Waals surface area contributed by atoms with Crippen molar-refractivity contribution in [3.8, 4) is 17.1 Å². The molecule has 0 unspecified atom stereocenters. The molecule has 0 aliphatic heterocycles. The number of esters is 1. The smallest absolute Gasteiger partial charge is 0.331 e. The Hall–Kier alpha value is -3.42. The third-order valence-electron chi connectivity index (χ3n) is 4.79. The molecular formula is C25H32N4O4. The number of carbonyl (C=O) groups is 1. The van der Waals surface area contributed by atoms with Crippen LogP contribution in [-0.4, -0.2) is 37.9 Å². The summed E-state index contributed by atoms with van der Waals surface area (Å²) in [6.45, 7) is 10.1. The van der Waals surface area contributed by atoms with Crippen molar-refractivity contribution < 1.29 is 14.3 Å². The Bertz CT molecular complexity index is 1230. The Morgan fingerprint density at radius 1 is 1.21 bits per heavy atom. The fourth-order valence-corrected chi connectivity index (χ4v) is 3.45. The number of nitrogens with zero attached hydrogens (tertiary/aromatic N) is 3. The Morgan fingerprint density at radius 2 is 1.97 bits per heavy atom. The number of H-pyrrole nitrogens is 1. The van der Waals surface area contributed by atoms with Gasteiger partial charge in [-0.3, -0.25) is 9.48 Å². The second-order valence-electron chi connectivity index (χ2n) is 8.90. The molecule has 0 saturated heterocycles. The molecule has 0 atom stereocenters. The predicted octanol–water partition coefficient (Wildman–Crippen LogP) is 4.42. The molecule has 33 heavy (non-hydrogen) atoms. The van der Waals surface area contributed by atoms with E-state index in [9.17, 15) is 9.59 Å². The average Bonchev–Trinajstić information content (AvgIpc) is 3.05. The van der Waals surface area contributed by atoms with Gasteiger partial charge in [-0.15, -0.1) is 0 Å². The lowest BCUT2D eigenvalue weighted by atomic mass is 10.1. The van der Waals surface area contributed by atoms with E-state index >= 15 is 0 Å². The topological polar surface area (TPSA) is 99.1 Å². The molecule has 0 fully saturated rings. The monoisotopic (exact) mass is 452 g/mol. The Labute approximate surface area is 193 Å². The number of nitrogens with one attached hydrogen (secondary N) is 1. The summed E-state index contributed by atoms with van der Waals surface area (Å²) in [5.41, 5.74) is 2.39. The molecule has 8 nitrogen and oxygen atoms in total. The summed E-state index contributed by atoms with van der Waals surface area (Å²) in [6, 6.07) is 5.50. The standard InChI is InChI=1S/C25H32N4O4/c1-7-9-18-21-22(29(6)28-18)24(31)27-23(26-21)17-15-16(10-12-19(17)32-14-8-2)11-13-20(30)33-25(3,4)5/h10-13,15H,7-9,14H2,1-6H3,(H,26,27,31). The molecule has 176 valence electrons. The molecule has 0 aliphatic carbocycles. The molecule has 3 rings (SSSR count). The van der Waals surface area contributed by atoms with E-state index in [4.69, 9.17) is 14.5 Å². The van der Waals surface area contributed by atoms with Gasteiger partial charge in [0, 0.05) is 13.1 Å². The normalized spacial score (nSPS) is 11.9. The van der Waals surface area contributed by atoms with Crippen molar-refractivity contribution in [2.24, 2.45) is 7.05 Å². The molecule has 0 spiro atoms. The molecule has 0 radical (unpaired) electrons. The molecule has 8 heteroatoms. The van der Waals surface area contributed by atoms with Gasteiger partial charge in [0.1, 0.15) is 22.7 Å². The van der Waals surface area contributed by atoms with Crippen molar-refractivity contribution >= 4 is 23.1 Å². The van der Waals surface area contributed by atoms with Crippen LogP contribution < -0.4 is 10.3 Å². The van der Waals surface area contributed by atoms with Crippen LogP contribution in [0.4, 0.5) is 0 Å². The van der Waals surface area contributed by atoms with E-state index in [0.717, 1.165) is 30.5 Å². The second-order valence-corrected chi connectivity index (χ2v) is 8.90. The number of rotatable bonds is 8. The lowest BCUT2D eigenvalue weighted by Gasteiger charge is -2.17. The third-order valence-corrected chi connectivity index (χ3v) is 4.79. The fraction of sp³-hybridized carbons (Fsp3) is 0.440. The van der Waals surface area contributed by atoms with Gasteiger partial charge in [0.2, 0.25) is 0 Å². The minimum Gasteiger partial charge on any atom is -0.493 e. The van der Waals surface area contributed by atoms with Crippen LogP contribution in [-0.2, 0) is 23.0 Å². The van der Waals surface area contributed by atoms with Crippen LogP contribution in [0.25, 0.3) is 28.5 Å². The number of hydrogen-bond donors (Lipinski definition) is 1. The summed E-state index contributed by atoms with van der Waals surface area (Å²) >= 11 is 0. The largest absolute Gasteiger partial charge is 0.493 e. The fourth-order valence-electron chi connectivity index (χ4n) is 3.45. The van der Waals surface area contributed by atoms with Crippen molar-refractivity contribution in [3.05, 3.63) is 45.9 Å². The number of benzene rings is 1. The lowest BCUT2D eigenvalue weighted by Crippen LogP contribution is -2.22. The van der Waals surface area contributed by atoms with Crippen molar-refractivity contribution in [1.82, 2.24) is 19.7 Å². The average molecular weight is 453 g/mol. The van der Waals surface area contributed by atoms with Gasteiger partial charge < -0.3 is 14.5 Å². The summed E-state index contributed by atoms with van der Waals surface area (Å²) in [4.78, 5) is 32.6. The molecule has 1 N–H and O–H groups in total. The van der Waals surface area contributed by atoms with Crippen molar-refractivity contribution in [3.63, 3.8) is 0 Å². The Kier molecular flexibility index (Phi) is 7.36. The van der Waals surface area contributed by atoms with E-state index in [2.05, 4.69) is 17.0 Å². The highest BCUT2D eigenvalue weighted by molar-refractivity contribution is 5.88. The number of carbonyl (C=O) groups excluding carboxylic acids is 1. The number of aryl methyl sites for hydroxylation is 2. The van der Waals surface area contributed by atoms with E-state index in [1.807, 2.05) is 45.9 Å². The summed E-state index contributed by atoms with van der Waals surface area (Å²) in [7, 11) is 1.75. The van der Waals surface area contributed by atoms with E-state index < -0.39 is 11.6 Å². The van der Waals surface area contributed by atoms with E-state index in [0.29, 0.717) is 34.8 Å². The highest BCUT2D eigenvalue weighted by Crippen LogP contribution is 2.30. The van der Waals surface area contributed by atoms with Crippen LogP contribution in [0.1, 0.15) is 58.7 Å². The van der Waals surface area contributed by atoms with Gasteiger partial charge >= 0.3 is 5.97 Å². The van der Waals surface area contributed by atoms with Crippen molar-refractivity contribution in [2.75, 3.05) is 6.61 Å². The van der Waals surface area contributed by atoms with Gasteiger partial charge in [0.25, 0.3) is 5.56 Å². The van der Waals surface area contributed by atoms with Gasteiger partial charge in [-0.1, -0.05) is 26.3 Å². The second kappa shape index (κ2) is 10.0. The summed E-state index contributed by atoms with van der Waals surface area (Å²) < 4.78 is 12.8. The van der Waals surface area contributed by atoms with Crippen LogP contribution >= 0.6 is 0 Å². The zero-order chi connectivity index (χ0) is 24.2. The van der Waals surface area contributed by atoms with E-state index in [-0.39, 0.29) is 5.56 Å². The first-order valence-electron chi connectivity index (χ1n) is 11.3. The van der Waals surface area contributed by atoms with E-state index in [1.54, 1.807) is 17.8 Å². The molecular weight excluding hydrogens is 420 g/mol. The molecule has 0 aliphatic rings. The first-order valence-corrected chi connectivity index (χ1v) is 11.3. The maximum Gasteiger partial charge on any atom is 0.331 e. The highest BCUT2D eigenvalue weighted by Gasteiger charge is 2.18. The first-order chi connectivity index (χ1) is 15.6. The quantitative estimate of drug-likeness (QED) is 0.401. The zero-order valence-electron chi connectivity index (χ0n) is 20.2. The molecule has 0 bridgehead atoms. The lowest BCUT2D eigenvalue weighted by molar-refractivity contribution is -0.148.